The van der Waals surface area contributed by atoms with Crippen LogP contribution in [-0.4, -0.2) is 22.8 Å². The van der Waals surface area contributed by atoms with E-state index in [1.165, 1.54) is 32.1 Å². The van der Waals surface area contributed by atoms with Gasteiger partial charge in [-0.15, -0.1) is 0 Å². The summed E-state index contributed by atoms with van der Waals surface area (Å²) >= 11 is 0. The van der Waals surface area contributed by atoms with Crippen molar-refractivity contribution in [3.8, 4) is 0 Å². The lowest BCUT2D eigenvalue weighted by molar-refractivity contribution is -0.137. The van der Waals surface area contributed by atoms with Crippen molar-refractivity contribution in [2.75, 3.05) is 6.61 Å². The third kappa shape index (κ3) is 11.9. The van der Waals surface area contributed by atoms with Crippen molar-refractivity contribution in [3.05, 3.63) is 0 Å². The minimum absolute atomic E-state index is 0.302. The van der Waals surface area contributed by atoms with E-state index < -0.39 is 5.97 Å². The zero-order valence-corrected chi connectivity index (χ0v) is 11.9. The van der Waals surface area contributed by atoms with E-state index in [1.54, 1.807) is 0 Å². The molecule has 0 aromatic heterocycles. The molecule has 1 unspecified atom stereocenters. The van der Waals surface area contributed by atoms with Crippen LogP contribution in [0.2, 0.25) is 0 Å². The van der Waals surface area contributed by atoms with Crippen LogP contribution in [0.25, 0.3) is 0 Å². The Bertz CT molecular complexity index is 192. The van der Waals surface area contributed by atoms with Crippen LogP contribution < -0.4 is 0 Å². The molecule has 0 amide bonds. The van der Waals surface area contributed by atoms with E-state index in [9.17, 15) is 9.90 Å². The highest BCUT2D eigenvalue weighted by Gasteiger charge is 2.06. The molecule has 2 N–H and O–H groups in total. The summed E-state index contributed by atoms with van der Waals surface area (Å²) in [5.74, 6) is -0.207. The first-order chi connectivity index (χ1) is 8.70. The Morgan fingerprint density at radius 1 is 0.944 bits per heavy atom. The van der Waals surface area contributed by atoms with E-state index in [-0.39, 0.29) is 0 Å². The van der Waals surface area contributed by atoms with Gasteiger partial charge in [-0.3, -0.25) is 4.79 Å². The molecule has 3 heteroatoms. The highest BCUT2D eigenvalue weighted by Crippen LogP contribution is 2.17. The Balaban J connectivity index is 3.31. The predicted molar refractivity (Wildman–Crippen MR) is 74.7 cm³/mol. The largest absolute Gasteiger partial charge is 0.481 e. The van der Waals surface area contributed by atoms with Gasteiger partial charge in [0, 0.05) is 13.0 Å². The van der Waals surface area contributed by atoms with Gasteiger partial charge >= 0.3 is 5.97 Å². The first-order valence-corrected chi connectivity index (χ1v) is 7.53. The lowest BCUT2D eigenvalue weighted by atomic mass is 9.95. The summed E-state index contributed by atoms with van der Waals surface area (Å²) in [5.41, 5.74) is 0. The van der Waals surface area contributed by atoms with Crippen LogP contribution in [0, 0.1) is 5.92 Å². The van der Waals surface area contributed by atoms with Gasteiger partial charge in [0.2, 0.25) is 0 Å². The second-order valence-electron chi connectivity index (χ2n) is 5.24. The molecule has 0 aromatic carbocycles. The topological polar surface area (TPSA) is 57.5 Å². The first kappa shape index (κ1) is 17.4. The zero-order valence-electron chi connectivity index (χ0n) is 11.9. The number of aliphatic hydroxyl groups excluding tert-OH is 1. The van der Waals surface area contributed by atoms with Gasteiger partial charge in [-0.2, -0.15) is 0 Å². The van der Waals surface area contributed by atoms with Gasteiger partial charge in [0.1, 0.15) is 0 Å². The molecule has 0 radical (unpaired) electrons. The van der Waals surface area contributed by atoms with Crippen molar-refractivity contribution < 1.29 is 15.0 Å². The minimum Gasteiger partial charge on any atom is -0.481 e. The zero-order chi connectivity index (χ0) is 13.6. The summed E-state index contributed by atoms with van der Waals surface area (Å²) in [7, 11) is 0. The standard InChI is InChI=1S/C15H30O3/c1-2-3-7-10-14(13-16)11-8-5-4-6-9-12-15(17)18/h14,16H,2-13H2,1H3,(H,17,18). The van der Waals surface area contributed by atoms with Crippen molar-refractivity contribution in [3.63, 3.8) is 0 Å². The second-order valence-corrected chi connectivity index (χ2v) is 5.24. The average molecular weight is 258 g/mol. The lowest BCUT2D eigenvalue weighted by Gasteiger charge is -2.13. The van der Waals surface area contributed by atoms with Gasteiger partial charge in [0.25, 0.3) is 0 Å². The van der Waals surface area contributed by atoms with Gasteiger partial charge in [-0.1, -0.05) is 51.9 Å². The van der Waals surface area contributed by atoms with Crippen LogP contribution in [-0.2, 0) is 4.79 Å². The average Bonchev–Trinajstić information content (AvgIpc) is 2.35. The number of hydrogen-bond acceptors (Lipinski definition) is 2. The van der Waals surface area contributed by atoms with Crippen molar-refractivity contribution in [2.45, 2.75) is 77.6 Å². The highest BCUT2D eigenvalue weighted by atomic mass is 16.4. The lowest BCUT2D eigenvalue weighted by Crippen LogP contribution is -2.06. The van der Waals surface area contributed by atoms with Gasteiger partial charge in [-0.05, 0) is 25.2 Å². The van der Waals surface area contributed by atoms with Crippen LogP contribution in [0.15, 0.2) is 0 Å². The maximum Gasteiger partial charge on any atom is 0.303 e. The minimum atomic E-state index is -0.689. The molecule has 0 aliphatic heterocycles. The van der Waals surface area contributed by atoms with E-state index in [4.69, 9.17) is 5.11 Å². The smallest absolute Gasteiger partial charge is 0.303 e. The molecule has 0 spiro atoms. The number of aliphatic hydroxyl groups is 1. The van der Waals surface area contributed by atoms with E-state index in [0.29, 0.717) is 18.9 Å². The Labute approximate surface area is 112 Å². The highest BCUT2D eigenvalue weighted by molar-refractivity contribution is 5.66. The number of aliphatic carboxylic acids is 1. The molecule has 0 aliphatic carbocycles. The van der Waals surface area contributed by atoms with Gasteiger partial charge in [0.15, 0.2) is 0 Å². The molecule has 0 saturated heterocycles. The summed E-state index contributed by atoms with van der Waals surface area (Å²) in [6.07, 6.45) is 11.6. The SMILES string of the molecule is CCCCCC(CO)CCCCCCCC(=O)O. The number of carboxylic acids is 1. The number of rotatable bonds is 13. The molecule has 108 valence electrons. The molecular formula is C15H30O3. The normalized spacial score (nSPS) is 12.6. The molecule has 0 rings (SSSR count). The van der Waals surface area contributed by atoms with E-state index in [2.05, 4.69) is 6.92 Å². The van der Waals surface area contributed by atoms with Crippen LogP contribution in [0.3, 0.4) is 0 Å². The van der Waals surface area contributed by atoms with Crippen molar-refractivity contribution in [1.82, 2.24) is 0 Å². The molecule has 1 atom stereocenters. The molecule has 3 nitrogen and oxygen atoms in total. The molecule has 18 heavy (non-hydrogen) atoms. The second kappa shape index (κ2) is 12.9. The summed E-state index contributed by atoms with van der Waals surface area (Å²) < 4.78 is 0. The van der Waals surface area contributed by atoms with E-state index in [0.717, 1.165) is 32.1 Å². The number of carbonyl (C=O) groups is 1. The molecular weight excluding hydrogens is 228 g/mol. The fraction of sp³-hybridized carbons (Fsp3) is 0.933. The van der Waals surface area contributed by atoms with Crippen molar-refractivity contribution in [1.29, 1.82) is 0 Å². The molecule has 0 heterocycles. The van der Waals surface area contributed by atoms with E-state index in [1.807, 2.05) is 0 Å². The Morgan fingerprint density at radius 3 is 2.06 bits per heavy atom. The van der Waals surface area contributed by atoms with Gasteiger partial charge in [0.05, 0.1) is 0 Å². The number of hydrogen-bond donors (Lipinski definition) is 2. The summed E-state index contributed by atoms with van der Waals surface area (Å²) in [6.45, 7) is 2.52. The molecule has 0 fully saturated rings. The molecule has 0 bridgehead atoms. The third-order valence-corrected chi connectivity index (χ3v) is 3.48. The summed E-state index contributed by atoms with van der Waals surface area (Å²) in [5, 5.41) is 17.8. The van der Waals surface area contributed by atoms with Gasteiger partial charge < -0.3 is 10.2 Å². The quantitative estimate of drug-likeness (QED) is 0.491. The fourth-order valence-electron chi connectivity index (χ4n) is 2.25. The van der Waals surface area contributed by atoms with Crippen LogP contribution in [0.4, 0.5) is 0 Å². The summed E-state index contributed by atoms with van der Waals surface area (Å²) in [6, 6.07) is 0. The molecule has 0 aromatic rings. The predicted octanol–water partition coefficient (Wildman–Crippen LogP) is 3.99. The van der Waals surface area contributed by atoms with Crippen LogP contribution in [0.5, 0.6) is 0 Å². The Hall–Kier alpha value is -0.570. The molecule has 0 saturated carbocycles. The molecule has 0 aliphatic rings. The van der Waals surface area contributed by atoms with E-state index >= 15 is 0 Å². The Morgan fingerprint density at radius 2 is 1.50 bits per heavy atom. The van der Waals surface area contributed by atoms with Gasteiger partial charge in [-0.25, -0.2) is 0 Å². The van der Waals surface area contributed by atoms with Crippen molar-refractivity contribution in [2.24, 2.45) is 5.92 Å². The van der Waals surface area contributed by atoms with Crippen LogP contribution >= 0.6 is 0 Å². The monoisotopic (exact) mass is 258 g/mol. The maximum atomic E-state index is 10.3. The number of carboxylic acid groups (broad SMARTS) is 1. The summed E-state index contributed by atoms with van der Waals surface area (Å²) in [4.78, 5) is 10.3. The van der Waals surface area contributed by atoms with Crippen LogP contribution in [0.1, 0.15) is 77.6 Å². The number of unbranched alkanes of at least 4 members (excludes halogenated alkanes) is 6. The fourth-order valence-corrected chi connectivity index (χ4v) is 2.25. The maximum absolute atomic E-state index is 10.3. The first-order valence-electron chi connectivity index (χ1n) is 7.53. The third-order valence-electron chi connectivity index (χ3n) is 3.48. The Kier molecular flexibility index (Phi) is 12.5. The van der Waals surface area contributed by atoms with Crippen molar-refractivity contribution >= 4 is 5.97 Å².